The van der Waals surface area contributed by atoms with Gasteiger partial charge in [0, 0.05) is 24.5 Å². The molecule has 0 fully saturated rings. The van der Waals surface area contributed by atoms with Crippen molar-refractivity contribution < 1.29 is 17.9 Å². The number of nitriles is 1. The molecule has 2 aromatic rings. The van der Waals surface area contributed by atoms with Gasteiger partial charge in [-0.05, 0) is 48.5 Å². The third-order valence-corrected chi connectivity index (χ3v) is 5.03. The molecule has 0 aromatic heterocycles. The van der Waals surface area contributed by atoms with E-state index in [-0.39, 0.29) is 10.8 Å². The molecule has 7 nitrogen and oxygen atoms in total. The minimum absolute atomic E-state index is 0.00564. The quantitative estimate of drug-likeness (QED) is 0.756. The highest BCUT2D eigenvalue weighted by molar-refractivity contribution is 7.95. The van der Waals surface area contributed by atoms with E-state index in [9.17, 15) is 18.5 Å². The average Bonchev–Trinajstić information content (AvgIpc) is 2.63. The second kappa shape index (κ2) is 8.18. The van der Waals surface area contributed by atoms with Gasteiger partial charge in [-0.2, -0.15) is 5.26 Å². The number of sulfone groups is 1. The van der Waals surface area contributed by atoms with Crippen molar-refractivity contribution in [1.82, 2.24) is 0 Å². The van der Waals surface area contributed by atoms with Gasteiger partial charge in [0.1, 0.15) is 11.8 Å². The maximum Gasteiger partial charge on any atom is 0.221 e. The van der Waals surface area contributed by atoms with Crippen molar-refractivity contribution in [2.45, 2.75) is 11.8 Å². The number of hydrogen-bond acceptors (Lipinski definition) is 6. The zero-order chi connectivity index (χ0) is 19.2. The van der Waals surface area contributed by atoms with Crippen molar-refractivity contribution in [1.29, 1.82) is 5.26 Å². The van der Waals surface area contributed by atoms with E-state index in [1.54, 1.807) is 30.3 Å². The third kappa shape index (κ3) is 4.62. The third-order valence-electron chi connectivity index (χ3n) is 3.34. The van der Waals surface area contributed by atoms with Crippen LogP contribution in [0.25, 0.3) is 0 Å². The number of nitrogens with zero attached hydrogens (tertiary/aromatic N) is 1. The van der Waals surface area contributed by atoms with E-state index in [1.807, 2.05) is 0 Å². The topological polar surface area (TPSA) is 108 Å². The number of ether oxygens (including phenoxy) is 1. The smallest absolute Gasteiger partial charge is 0.221 e. The molecule has 8 heteroatoms. The summed E-state index contributed by atoms with van der Waals surface area (Å²) in [5.74, 6) is 0.326. The fraction of sp³-hybridized carbons (Fsp3) is 0.111. The number of nitrogens with one attached hydrogen (secondary N) is 2. The van der Waals surface area contributed by atoms with Crippen LogP contribution in [0.1, 0.15) is 6.92 Å². The molecule has 2 N–H and O–H groups in total. The van der Waals surface area contributed by atoms with Gasteiger partial charge in [0.25, 0.3) is 0 Å². The molecule has 0 radical (unpaired) electrons. The number of methoxy groups -OCH3 is 1. The Kier molecular flexibility index (Phi) is 5.98. The van der Waals surface area contributed by atoms with Gasteiger partial charge >= 0.3 is 0 Å². The number of carbonyl (C=O) groups excluding carboxylic acids is 1. The van der Waals surface area contributed by atoms with Crippen molar-refractivity contribution in [3.05, 3.63) is 59.6 Å². The van der Waals surface area contributed by atoms with Crippen LogP contribution in [0.5, 0.6) is 5.75 Å². The van der Waals surface area contributed by atoms with Crippen LogP contribution in [0.2, 0.25) is 0 Å². The normalized spacial score (nSPS) is 11.3. The summed E-state index contributed by atoms with van der Waals surface area (Å²) in [5.41, 5.74) is 1.18. The van der Waals surface area contributed by atoms with Gasteiger partial charge in [0.2, 0.25) is 15.7 Å². The zero-order valence-electron chi connectivity index (χ0n) is 14.2. The lowest BCUT2D eigenvalue weighted by Crippen LogP contribution is -2.06. The van der Waals surface area contributed by atoms with Crippen molar-refractivity contribution in [2.24, 2.45) is 0 Å². The summed E-state index contributed by atoms with van der Waals surface area (Å²) in [6, 6.07) is 14.1. The molecule has 0 spiro atoms. The molecule has 0 aliphatic carbocycles. The van der Waals surface area contributed by atoms with Gasteiger partial charge in [-0.15, -0.1) is 0 Å². The first-order valence-corrected chi connectivity index (χ1v) is 8.98. The van der Waals surface area contributed by atoms with E-state index in [0.29, 0.717) is 17.1 Å². The van der Waals surface area contributed by atoms with Gasteiger partial charge in [0.15, 0.2) is 4.91 Å². The van der Waals surface area contributed by atoms with Crippen LogP contribution in [0.4, 0.5) is 11.4 Å². The average molecular weight is 371 g/mol. The molecule has 0 atom stereocenters. The molecule has 0 bridgehead atoms. The Morgan fingerprint density at radius 2 is 1.65 bits per heavy atom. The summed E-state index contributed by atoms with van der Waals surface area (Å²) in [4.78, 5) is 10.6. The van der Waals surface area contributed by atoms with Crippen LogP contribution >= 0.6 is 0 Å². The Labute approximate surface area is 151 Å². The van der Waals surface area contributed by atoms with Crippen LogP contribution in [0, 0.1) is 11.3 Å². The van der Waals surface area contributed by atoms with E-state index in [4.69, 9.17) is 4.74 Å². The highest BCUT2D eigenvalue weighted by Crippen LogP contribution is 2.22. The Balaban J connectivity index is 2.20. The Bertz CT molecular complexity index is 957. The number of rotatable bonds is 6. The first-order valence-electron chi connectivity index (χ1n) is 7.50. The predicted molar refractivity (Wildman–Crippen MR) is 98.2 cm³/mol. The second-order valence-corrected chi connectivity index (χ2v) is 7.12. The molecule has 0 unspecified atom stereocenters. The number of benzene rings is 2. The second-order valence-electron chi connectivity index (χ2n) is 5.20. The van der Waals surface area contributed by atoms with E-state index in [2.05, 4.69) is 10.6 Å². The van der Waals surface area contributed by atoms with Crippen molar-refractivity contribution in [3.63, 3.8) is 0 Å². The van der Waals surface area contributed by atoms with Crippen LogP contribution in [-0.4, -0.2) is 21.4 Å². The molecule has 26 heavy (non-hydrogen) atoms. The van der Waals surface area contributed by atoms with E-state index < -0.39 is 14.7 Å². The van der Waals surface area contributed by atoms with Gasteiger partial charge < -0.3 is 15.4 Å². The van der Waals surface area contributed by atoms with Crippen LogP contribution in [-0.2, 0) is 14.6 Å². The summed E-state index contributed by atoms with van der Waals surface area (Å²) >= 11 is 0. The van der Waals surface area contributed by atoms with Crippen LogP contribution in [0.3, 0.4) is 0 Å². The molecule has 0 saturated carbocycles. The van der Waals surface area contributed by atoms with Gasteiger partial charge in [-0.1, -0.05) is 0 Å². The van der Waals surface area contributed by atoms with Gasteiger partial charge in [-0.25, -0.2) is 8.42 Å². The van der Waals surface area contributed by atoms with Crippen molar-refractivity contribution in [3.8, 4) is 11.8 Å². The lowest BCUT2D eigenvalue weighted by atomic mass is 10.3. The SMILES string of the molecule is COc1ccc(S(=O)(=O)C(C#N)=CNc2ccc(NC(C)=O)cc2)cc1. The predicted octanol–water partition coefficient (Wildman–Crippen LogP) is 2.90. The molecule has 0 aliphatic heterocycles. The van der Waals surface area contributed by atoms with Crippen LogP contribution < -0.4 is 15.4 Å². The van der Waals surface area contributed by atoms with Gasteiger partial charge in [-0.3, -0.25) is 4.79 Å². The molecule has 0 heterocycles. The highest BCUT2D eigenvalue weighted by atomic mass is 32.2. The molecule has 2 aromatic carbocycles. The monoisotopic (exact) mass is 371 g/mol. The highest BCUT2D eigenvalue weighted by Gasteiger charge is 2.20. The van der Waals surface area contributed by atoms with Crippen LogP contribution in [0.15, 0.2) is 64.5 Å². The maximum absolute atomic E-state index is 12.5. The number of anilines is 2. The molecular weight excluding hydrogens is 354 g/mol. The number of hydrogen-bond donors (Lipinski definition) is 2. The molecule has 1 amide bonds. The first-order chi connectivity index (χ1) is 12.4. The van der Waals surface area contributed by atoms with Crippen molar-refractivity contribution in [2.75, 3.05) is 17.7 Å². The molecule has 2 rings (SSSR count). The Morgan fingerprint density at radius 1 is 1.08 bits per heavy atom. The summed E-state index contributed by atoms with van der Waals surface area (Å²) in [6.45, 7) is 1.40. The Hall–Kier alpha value is -3.31. The minimum Gasteiger partial charge on any atom is -0.497 e. The Morgan fingerprint density at radius 3 is 2.15 bits per heavy atom. The number of carbonyl (C=O) groups is 1. The largest absolute Gasteiger partial charge is 0.497 e. The summed E-state index contributed by atoms with van der Waals surface area (Å²) in [5, 5.41) is 14.6. The zero-order valence-corrected chi connectivity index (χ0v) is 15.0. The standard InChI is InChI=1S/C18H17N3O4S/c1-13(22)21-15-5-3-14(4-6-15)20-12-18(11-19)26(23,24)17-9-7-16(25-2)8-10-17/h3-10,12,20H,1-2H3,(H,21,22). The minimum atomic E-state index is -3.95. The van der Waals surface area contributed by atoms with Crippen molar-refractivity contribution >= 4 is 27.1 Å². The fourth-order valence-corrected chi connectivity index (χ4v) is 3.14. The van der Waals surface area contributed by atoms with E-state index in [1.165, 1.54) is 38.3 Å². The molecule has 134 valence electrons. The number of allylic oxidation sites excluding steroid dienone is 1. The molecule has 0 saturated heterocycles. The molecule has 0 aliphatic rings. The maximum atomic E-state index is 12.5. The number of amides is 1. The van der Waals surface area contributed by atoms with Gasteiger partial charge in [0.05, 0.1) is 12.0 Å². The lowest BCUT2D eigenvalue weighted by Gasteiger charge is -2.07. The van der Waals surface area contributed by atoms with E-state index >= 15 is 0 Å². The van der Waals surface area contributed by atoms with E-state index in [0.717, 1.165) is 6.20 Å². The first kappa shape index (κ1) is 19.0. The summed E-state index contributed by atoms with van der Waals surface area (Å²) in [7, 11) is -2.47. The molecular formula is C18H17N3O4S. The lowest BCUT2D eigenvalue weighted by molar-refractivity contribution is -0.114. The fourth-order valence-electron chi connectivity index (χ4n) is 2.05. The summed E-state index contributed by atoms with van der Waals surface area (Å²) in [6.07, 6.45) is 1.13. The summed E-state index contributed by atoms with van der Waals surface area (Å²) < 4.78 is 30.1.